The van der Waals surface area contributed by atoms with Crippen LogP contribution in [0.15, 0.2) is 33.5 Å². The first-order valence-electron chi connectivity index (χ1n) is 6.72. The summed E-state index contributed by atoms with van der Waals surface area (Å²) >= 11 is 3.38. The number of aromatic hydroxyl groups is 1. The van der Waals surface area contributed by atoms with Crippen molar-refractivity contribution in [2.24, 2.45) is 5.92 Å². The SMILES string of the molecule is COC(c1nc(O)c(-c2ccccc2Br)c(=O)[nH]1)C1CC1. The third-order valence-corrected chi connectivity index (χ3v) is 4.33. The lowest BCUT2D eigenvalue weighted by molar-refractivity contribution is 0.0764. The summed E-state index contributed by atoms with van der Waals surface area (Å²) in [5.74, 6) is 0.480. The molecule has 1 aromatic heterocycles. The third-order valence-electron chi connectivity index (χ3n) is 3.64. The number of aromatic amines is 1. The summed E-state index contributed by atoms with van der Waals surface area (Å²) < 4.78 is 6.11. The molecule has 0 spiro atoms. The first-order valence-corrected chi connectivity index (χ1v) is 7.52. The largest absolute Gasteiger partial charge is 0.493 e. The van der Waals surface area contributed by atoms with Gasteiger partial charge in [-0.05, 0) is 24.8 Å². The van der Waals surface area contributed by atoms with E-state index in [4.69, 9.17) is 4.74 Å². The second kappa shape index (κ2) is 5.61. The van der Waals surface area contributed by atoms with E-state index >= 15 is 0 Å². The van der Waals surface area contributed by atoms with E-state index in [9.17, 15) is 9.90 Å². The molecule has 3 rings (SSSR count). The molecule has 0 bridgehead atoms. The van der Waals surface area contributed by atoms with Gasteiger partial charge in [-0.15, -0.1) is 0 Å². The highest BCUT2D eigenvalue weighted by Gasteiger charge is 2.34. The number of nitrogens with one attached hydrogen (secondary N) is 1. The molecule has 2 aromatic rings. The van der Waals surface area contributed by atoms with Crippen molar-refractivity contribution in [3.8, 4) is 17.0 Å². The maximum Gasteiger partial charge on any atom is 0.262 e. The molecular formula is C15H15BrN2O3. The normalized spacial score (nSPS) is 15.9. The number of aromatic nitrogens is 2. The molecule has 1 unspecified atom stereocenters. The van der Waals surface area contributed by atoms with Gasteiger partial charge in [-0.25, -0.2) is 0 Å². The number of rotatable bonds is 4. The van der Waals surface area contributed by atoms with E-state index in [2.05, 4.69) is 25.9 Å². The van der Waals surface area contributed by atoms with Crippen molar-refractivity contribution < 1.29 is 9.84 Å². The van der Waals surface area contributed by atoms with Crippen molar-refractivity contribution >= 4 is 15.9 Å². The molecule has 5 nitrogen and oxygen atoms in total. The van der Waals surface area contributed by atoms with Crippen LogP contribution in [0.5, 0.6) is 5.88 Å². The Balaban J connectivity index is 2.09. The van der Waals surface area contributed by atoms with Gasteiger partial charge in [0, 0.05) is 17.1 Å². The predicted octanol–water partition coefficient (Wildman–Crippen LogP) is 3.00. The van der Waals surface area contributed by atoms with Gasteiger partial charge in [0.2, 0.25) is 5.88 Å². The average molecular weight is 351 g/mol. The van der Waals surface area contributed by atoms with E-state index in [1.165, 1.54) is 0 Å². The van der Waals surface area contributed by atoms with Crippen LogP contribution in [0.3, 0.4) is 0 Å². The number of ether oxygens (including phenoxy) is 1. The number of methoxy groups -OCH3 is 1. The van der Waals surface area contributed by atoms with Crippen LogP contribution in [0.2, 0.25) is 0 Å². The van der Waals surface area contributed by atoms with Crippen LogP contribution < -0.4 is 5.56 Å². The number of benzene rings is 1. The Morgan fingerprint density at radius 3 is 2.71 bits per heavy atom. The predicted molar refractivity (Wildman–Crippen MR) is 82.1 cm³/mol. The smallest absolute Gasteiger partial charge is 0.262 e. The number of hydrogen-bond acceptors (Lipinski definition) is 4. The molecule has 0 radical (unpaired) electrons. The first kappa shape index (κ1) is 14.3. The Kier molecular flexibility index (Phi) is 3.82. The summed E-state index contributed by atoms with van der Waals surface area (Å²) in [6, 6.07) is 7.21. The number of H-pyrrole nitrogens is 1. The molecule has 1 aromatic carbocycles. The molecule has 0 aliphatic heterocycles. The minimum Gasteiger partial charge on any atom is -0.493 e. The van der Waals surface area contributed by atoms with E-state index in [0.717, 1.165) is 17.3 Å². The van der Waals surface area contributed by atoms with Gasteiger partial charge in [-0.2, -0.15) is 4.98 Å². The van der Waals surface area contributed by atoms with Crippen LogP contribution in [0, 0.1) is 5.92 Å². The highest BCUT2D eigenvalue weighted by molar-refractivity contribution is 9.10. The van der Waals surface area contributed by atoms with Crippen LogP contribution in [0.4, 0.5) is 0 Å². The van der Waals surface area contributed by atoms with Gasteiger partial charge in [0.05, 0.1) is 0 Å². The molecule has 1 fully saturated rings. The fourth-order valence-electron chi connectivity index (χ4n) is 2.45. The summed E-state index contributed by atoms with van der Waals surface area (Å²) in [4.78, 5) is 19.2. The molecule has 1 saturated carbocycles. The molecule has 21 heavy (non-hydrogen) atoms. The summed E-state index contributed by atoms with van der Waals surface area (Å²) in [7, 11) is 1.59. The van der Waals surface area contributed by atoms with Crippen LogP contribution in [-0.4, -0.2) is 22.2 Å². The van der Waals surface area contributed by atoms with Gasteiger partial charge in [0.25, 0.3) is 5.56 Å². The van der Waals surface area contributed by atoms with Crippen molar-refractivity contribution in [3.05, 3.63) is 44.9 Å². The maximum absolute atomic E-state index is 12.3. The second-order valence-electron chi connectivity index (χ2n) is 5.12. The van der Waals surface area contributed by atoms with Crippen LogP contribution in [0.25, 0.3) is 11.1 Å². The monoisotopic (exact) mass is 350 g/mol. The van der Waals surface area contributed by atoms with Crippen molar-refractivity contribution in [1.29, 1.82) is 0 Å². The topological polar surface area (TPSA) is 75.2 Å². The molecule has 1 aliphatic rings. The second-order valence-corrected chi connectivity index (χ2v) is 5.98. The summed E-state index contributed by atoms with van der Waals surface area (Å²) in [6.45, 7) is 0. The molecule has 2 N–H and O–H groups in total. The van der Waals surface area contributed by atoms with E-state index < -0.39 is 0 Å². The van der Waals surface area contributed by atoms with E-state index in [0.29, 0.717) is 17.3 Å². The average Bonchev–Trinajstić information content (AvgIpc) is 3.26. The molecule has 110 valence electrons. The quantitative estimate of drug-likeness (QED) is 0.888. The van der Waals surface area contributed by atoms with E-state index in [1.807, 2.05) is 12.1 Å². The van der Waals surface area contributed by atoms with Crippen molar-refractivity contribution in [2.75, 3.05) is 7.11 Å². The van der Waals surface area contributed by atoms with Gasteiger partial charge < -0.3 is 14.8 Å². The van der Waals surface area contributed by atoms with Gasteiger partial charge in [-0.3, -0.25) is 4.79 Å². The molecule has 0 amide bonds. The van der Waals surface area contributed by atoms with Crippen LogP contribution in [0.1, 0.15) is 24.8 Å². The molecule has 6 heteroatoms. The molecule has 1 heterocycles. The Hall–Kier alpha value is -1.66. The number of nitrogens with zero attached hydrogens (tertiary/aromatic N) is 1. The lowest BCUT2D eigenvalue weighted by atomic mass is 10.1. The van der Waals surface area contributed by atoms with Crippen molar-refractivity contribution in [3.63, 3.8) is 0 Å². The van der Waals surface area contributed by atoms with Gasteiger partial charge >= 0.3 is 0 Å². The molecular weight excluding hydrogens is 336 g/mol. The van der Waals surface area contributed by atoms with Gasteiger partial charge in [-0.1, -0.05) is 34.1 Å². The Morgan fingerprint density at radius 1 is 1.43 bits per heavy atom. The van der Waals surface area contributed by atoms with Crippen LogP contribution >= 0.6 is 15.9 Å². The summed E-state index contributed by atoms with van der Waals surface area (Å²) in [6.07, 6.45) is 1.83. The Bertz CT molecular complexity index is 725. The summed E-state index contributed by atoms with van der Waals surface area (Å²) in [5, 5.41) is 10.2. The Labute approximate surface area is 130 Å². The minimum absolute atomic E-state index is 0.164. The third kappa shape index (κ3) is 2.73. The first-order chi connectivity index (χ1) is 10.1. The maximum atomic E-state index is 12.3. The zero-order valence-electron chi connectivity index (χ0n) is 11.5. The zero-order chi connectivity index (χ0) is 15.0. The Morgan fingerprint density at radius 2 is 2.14 bits per heavy atom. The van der Waals surface area contributed by atoms with Gasteiger partial charge in [0.15, 0.2) is 0 Å². The fraction of sp³-hybridized carbons (Fsp3) is 0.333. The van der Waals surface area contributed by atoms with E-state index in [-0.39, 0.29) is 23.1 Å². The highest BCUT2D eigenvalue weighted by Crippen LogP contribution is 2.42. The molecule has 0 saturated heterocycles. The number of hydrogen-bond donors (Lipinski definition) is 2. The fourth-order valence-corrected chi connectivity index (χ4v) is 2.93. The summed E-state index contributed by atoms with van der Waals surface area (Å²) in [5.41, 5.74) is 0.402. The lowest BCUT2D eigenvalue weighted by Gasteiger charge is -2.14. The van der Waals surface area contributed by atoms with Crippen molar-refractivity contribution in [2.45, 2.75) is 18.9 Å². The van der Waals surface area contributed by atoms with Crippen molar-refractivity contribution in [1.82, 2.24) is 9.97 Å². The van der Waals surface area contributed by atoms with Crippen LogP contribution in [-0.2, 0) is 4.74 Å². The number of halogens is 1. The lowest BCUT2D eigenvalue weighted by Crippen LogP contribution is -2.18. The minimum atomic E-state index is -0.368. The zero-order valence-corrected chi connectivity index (χ0v) is 13.1. The van der Waals surface area contributed by atoms with Gasteiger partial charge in [0.1, 0.15) is 17.5 Å². The van der Waals surface area contributed by atoms with E-state index in [1.54, 1.807) is 19.2 Å². The molecule has 1 aliphatic carbocycles. The highest BCUT2D eigenvalue weighted by atomic mass is 79.9. The standard InChI is InChI=1S/C15H15BrN2O3/c1-21-12(8-6-7-8)13-17-14(19)11(15(20)18-13)9-4-2-3-5-10(9)16/h2-5,8,12H,6-7H2,1H3,(H2,17,18,19,20). The molecule has 1 atom stereocenters.